The smallest absolute Gasteiger partial charge is 0.343 e. The van der Waals surface area contributed by atoms with E-state index in [2.05, 4.69) is 4.98 Å². The van der Waals surface area contributed by atoms with Crippen molar-refractivity contribution in [1.82, 2.24) is 18.7 Å². The normalized spacial score (nSPS) is 14.7. The highest BCUT2D eigenvalue weighted by atomic mass is 35.5. The van der Waals surface area contributed by atoms with Crippen LogP contribution in [-0.4, -0.2) is 24.9 Å². The van der Waals surface area contributed by atoms with Crippen LogP contribution in [0.2, 0.25) is 5.02 Å². The molecule has 162 valence electrons. The van der Waals surface area contributed by atoms with Crippen molar-refractivity contribution in [3.8, 4) is 0 Å². The summed E-state index contributed by atoms with van der Waals surface area (Å²) < 4.78 is 43.5. The van der Waals surface area contributed by atoms with Crippen LogP contribution in [0.4, 0.5) is 13.2 Å². The summed E-state index contributed by atoms with van der Waals surface area (Å²) in [5, 5.41) is 1.39. The van der Waals surface area contributed by atoms with Crippen molar-refractivity contribution in [3.63, 3.8) is 0 Å². The van der Waals surface area contributed by atoms with E-state index >= 15 is 0 Å². The number of alkyl halides is 3. The van der Waals surface area contributed by atoms with Gasteiger partial charge in [0.15, 0.2) is 0 Å². The molecule has 0 spiro atoms. The molecule has 0 radical (unpaired) electrons. The monoisotopic (exact) mass is 448 g/mol. The quantitative estimate of drug-likeness (QED) is 0.389. The fraction of sp³-hybridized carbons (Fsp3) is 0.364. The molecule has 3 aromatic heterocycles. The highest BCUT2D eigenvalue weighted by molar-refractivity contribution is 6.31. The molecule has 1 aromatic carbocycles. The molecule has 9 heteroatoms. The van der Waals surface area contributed by atoms with Crippen LogP contribution in [0.3, 0.4) is 0 Å². The van der Waals surface area contributed by atoms with Gasteiger partial charge in [0, 0.05) is 46.8 Å². The average Bonchev–Trinajstić information content (AvgIpc) is 3.43. The van der Waals surface area contributed by atoms with Crippen LogP contribution < -0.4 is 5.69 Å². The van der Waals surface area contributed by atoms with Gasteiger partial charge in [0.1, 0.15) is 0 Å². The Morgan fingerprint density at radius 2 is 1.87 bits per heavy atom. The summed E-state index contributed by atoms with van der Waals surface area (Å²) >= 11 is 6.13. The minimum absolute atomic E-state index is 0.0385. The largest absolute Gasteiger partial charge is 0.389 e. The number of hydrogen-bond donors (Lipinski definition) is 0. The number of benzene rings is 1. The standard InChI is InChI=1S/C22H20ClF3N4O/c23-15-2-5-18-14(10-15)11-17(28(18)9-1-7-22(24,25)26)13-29-20-12-27-8-6-19(20)30(21(29)31)16-3-4-16/h2,5-6,8,10-12,16H,1,3-4,7,9,13H2. The second kappa shape index (κ2) is 7.44. The molecule has 1 saturated carbocycles. The first-order valence-electron chi connectivity index (χ1n) is 10.2. The number of aromatic nitrogens is 4. The van der Waals surface area contributed by atoms with E-state index in [-0.39, 0.29) is 31.2 Å². The van der Waals surface area contributed by atoms with Gasteiger partial charge in [-0.05, 0) is 49.6 Å². The van der Waals surface area contributed by atoms with Gasteiger partial charge in [0.2, 0.25) is 0 Å². The third kappa shape index (κ3) is 3.84. The first-order valence-corrected chi connectivity index (χ1v) is 10.6. The van der Waals surface area contributed by atoms with Crippen LogP contribution >= 0.6 is 11.6 Å². The van der Waals surface area contributed by atoms with Gasteiger partial charge < -0.3 is 4.57 Å². The summed E-state index contributed by atoms with van der Waals surface area (Å²) in [5.74, 6) is 0. The lowest BCUT2D eigenvalue weighted by molar-refractivity contribution is -0.135. The van der Waals surface area contributed by atoms with Gasteiger partial charge >= 0.3 is 11.9 Å². The van der Waals surface area contributed by atoms with E-state index in [1.807, 2.05) is 27.3 Å². The summed E-state index contributed by atoms with van der Waals surface area (Å²) in [5.41, 5.74) is 3.02. The van der Waals surface area contributed by atoms with Crippen molar-refractivity contribution in [2.45, 2.75) is 51.0 Å². The Morgan fingerprint density at radius 1 is 1.06 bits per heavy atom. The minimum Gasteiger partial charge on any atom is -0.343 e. The zero-order valence-corrected chi connectivity index (χ0v) is 17.3. The van der Waals surface area contributed by atoms with Gasteiger partial charge in [-0.1, -0.05) is 11.6 Å². The predicted molar refractivity (Wildman–Crippen MR) is 114 cm³/mol. The van der Waals surface area contributed by atoms with Gasteiger partial charge in [-0.25, -0.2) is 4.79 Å². The number of nitrogens with zero attached hydrogens (tertiary/aromatic N) is 4. The molecule has 0 unspecified atom stereocenters. The number of halogens is 4. The second-order valence-corrected chi connectivity index (χ2v) is 8.48. The molecular weight excluding hydrogens is 429 g/mol. The van der Waals surface area contributed by atoms with E-state index < -0.39 is 12.6 Å². The van der Waals surface area contributed by atoms with Crippen molar-refractivity contribution in [1.29, 1.82) is 0 Å². The van der Waals surface area contributed by atoms with Crippen LogP contribution in [0.25, 0.3) is 21.9 Å². The average molecular weight is 449 g/mol. The number of fused-ring (bicyclic) bond motifs is 2. The van der Waals surface area contributed by atoms with Crippen LogP contribution in [0.15, 0.2) is 47.5 Å². The van der Waals surface area contributed by atoms with Gasteiger partial charge in [0.05, 0.1) is 23.8 Å². The molecule has 1 aliphatic carbocycles. The number of rotatable bonds is 6. The highest BCUT2D eigenvalue weighted by Gasteiger charge is 2.29. The molecule has 1 fully saturated rings. The van der Waals surface area contributed by atoms with E-state index in [0.717, 1.165) is 40.5 Å². The third-order valence-corrected chi connectivity index (χ3v) is 6.02. The molecule has 3 heterocycles. The molecule has 5 rings (SSSR count). The Kier molecular flexibility index (Phi) is 4.84. The molecule has 31 heavy (non-hydrogen) atoms. The van der Waals surface area contributed by atoms with Crippen molar-refractivity contribution in [3.05, 3.63) is 63.9 Å². The maximum Gasteiger partial charge on any atom is 0.389 e. The third-order valence-electron chi connectivity index (χ3n) is 5.79. The Labute approximate surface area is 180 Å². The highest BCUT2D eigenvalue weighted by Crippen LogP contribution is 2.36. The number of hydrogen-bond acceptors (Lipinski definition) is 2. The van der Waals surface area contributed by atoms with E-state index in [4.69, 9.17) is 11.6 Å². The molecule has 0 atom stereocenters. The Balaban J connectivity index is 1.58. The first kappa shape index (κ1) is 20.2. The summed E-state index contributed by atoms with van der Waals surface area (Å²) in [6.07, 6.45) is 0.180. The minimum atomic E-state index is -4.20. The maximum atomic E-state index is 13.2. The van der Waals surface area contributed by atoms with Gasteiger partial charge in [-0.3, -0.25) is 14.1 Å². The van der Waals surface area contributed by atoms with E-state index in [1.54, 1.807) is 29.1 Å². The number of imidazole rings is 1. The predicted octanol–water partition coefficient (Wildman–Crippen LogP) is 5.53. The molecule has 1 aliphatic rings. The number of aryl methyl sites for hydroxylation is 1. The van der Waals surface area contributed by atoms with Gasteiger partial charge in [0.25, 0.3) is 0 Å². The topological polar surface area (TPSA) is 44.8 Å². The molecular formula is C22H20ClF3N4O. The molecule has 0 saturated heterocycles. The molecule has 0 aliphatic heterocycles. The van der Waals surface area contributed by atoms with Crippen LogP contribution in [-0.2, 0) is 13.1 Å². The zero-order chi connectivity index (χ0) is 21.8. The van der Waals surface area contributed by atoms with Crippen molar-refractivity contribution in [2.24, 2.45) is 0 Å². The molecule has 0 amide bonds. The van der Waals surface area contributed by atoms with Crippen LogP contribution in [0, 0.1) is 0 Å². The lowest BCUT2D eigenvalue weighted by Gasteiger charge is -2.13. The SMILES string of the molecule is O=c1n(Cc2cc3cc(Cl)ccc3n2CCCC(F)(F)F)c2cnccc2n1C1CC1. The summed E-state index contributed by atoms with van der Waals surface area (Å²) in [4.78, 5) is 17.4. The molecule has 0 bridgehead atoms. The lowest BCUT2D eigenvalue weighted by atomic mass is 10.2. The Bertz CT molecular complexity index is 1330. The maximum absolute atomic E-state index is 13.2. The van der Waals surface area contributed by atoms with E-state index in [1.165, 1.54) is 0 Å². The second-order valence-electron chi connectivity index (χ2n) is 8.04. The first-order chi connectivity index (χ1) is 14.8. The van der Waals surface area contributed by atoms with Gasteiger partial charge in [-0.2, -0.15) is 13.2 Å². The summed E-state index contributed by atoms with van der Waals surface area (Å²) in [7, 11) is 0. The zero-order valence-electron chi connectivity index (χ0n) is 16.6. The van der Waals surface area contributed by atoms with Crippen molar-refractivity contribution >= 4 is 33.5 Å². The Hall–Kier alpha value is -2.74. The molecule has 5 nitrogen and oxygen atoms in total. The molecule has 4 aromatic rings. The van der Waals surface area contributed by atoms with E-state index in [0.29, 0.717) is 5.02 Å². The van der Waals surface area contributed by atoms with Crippen LogP contribution in [0.5, 0.6) is 0 Å². The summed E-state index contributed by atoms with van der Waals surface area (Å²) in [6, 6.07) is 9.27. The Morgan fingerprint density at radius 3 is 2.61 bits per heavy atom. The fourth-order valence-corrected chi connectivity index (χ4v) is 4.44. The van der Waals surface area contributed by atoms with E-state index in [9.17, 15) is 18.0 Å². The van der Waals surface area contributed by atoms with Crippen LogP contribution in [0.1, 0.15) is 37.4 Å². The number of pyridine rings is 1. The fourth-order valence-electron chi connectivity index (χ4n) is 4.26. The van der Waals surface area contributed by atoms with Crippen molar-refractivity contribution in [2.75, 3.05) is 0 Å². The van der Waals surface area contributed by atoms with Crippen molar-refractivity contribution < 1.29 is 13.2 Å². The summed E-state index contributed by atoms with van der Waals surface area (Å²) in [6.45, 7) is 0.452. The van der Waals surface area contributed by atoms with Gasteiger partial charge in [-0.15, -0.1) is 0 Å². The lowest BCUT2D eigenvalue weighted by Crippen LogP contribution is -2.25. The molecule has 0 N–H and O–H groups in total.